The minimum atomic E-state index is -0.374. The quantitative estimate of drug-likeness (QED) is 0.805. The first-order chi connectivity index (χ1) is 9.55. The van der Waals surface area contributed by atoms with Gasteiger partial charge in [0.15, 0.2) is 0 Å². The smallest absolute Gasteiger partial charge is 0.407 e. The molecule has 20 heavy (non-hydrogen) atoms. The van der Waals surface area contributed by atoms with Crippen LogP contribution in [0.5, 0.6) is 0 Å². The van der Waals surface area contributed by atoms with E-state index in [1.54, 1.807) is 0 Å². The molecule has 2 rings (SSSR count). The largest absolute Gasteiger partial charge is 0.453 e. The molecule has 2 fully saturated rings. The highest BCUT2D eigenvalue weighted by molar-refractivity contribution is 5.67. The second kappa shape index (κ2) is 6.76. The van der Waals surface area contributed by atoms with Crippen LogP contribution in [0.25, 0.3) is 0 Å². The van der Waals surface area contributed by atoms with Crippen molar-refractivity contribution in [3.05, 3.63) is 0 Å². The van der Waals surface area contributed by atoms with Gasteiger partial charge in [-0.25, -0.2) is 4.79 Å². The van der Waals surface area contributed by atoms with Crippen molar-refractivity contribution in [1.29, 1.82) is 0 Å². The summed E-state index contributed by atoms with van der Waals surface area (Å²) >= 11 is 0. The Bertz CT molecular complexity index is 333. The lowest BCUT2D eigenvalue weighted by atomic mass is 9.87. The highest BCUT2D eigenvalue weighted by Crippen LogP contribution is 2.37. The van der Waals surface area contributed by atoms with E-state index in [1.165, 1.54) is 20.0 Å². The molecule has 0 spiro atoms. The maximum absolute atomic E-state index is 11.4. The first-order valence-corrected chi connectivity index (χ1v) is 7.81. The standard InChI is InChI=1S/C15H28N2O3/c1-4-14(18)12-7-13(16-15(19)20-3)9-17(8-12)10(2)11-5-6-11/h10-14,18H,4-9H2,1-3H3,(H,16,19). The third-order valence-corrected chi connectivity index (χ3v) is 4.86. The van der Waals surface area contributed by atoms with E-state index in [0.29, 0.717) is 6.04 Å². The zero-order valence-corrected chi connectivity index (χ0v) is 12.8. The lowest BCUT2D eigenvalue weighted by molar-refractivity contribution is 0.0180. The first kappa shape index (κ1) is 15.6. The fraction of sp³-hybridized carbons (Fsp3) is 0.933. The molecule has 0 aromatic heterocycles. The summed E-state index contributed by atoms with van der Waals surface area (Å²) in [5.41, 5.74) is 0. The molecule has 2 aliphatic rings. The Balaban J connectivity index is 1.99. The molecule has 4 atom stereocenters. The average molecular weight is 284 g/mol. The van der Waals surface area contributed by atoms with Gasteiger partial charge in [0.1, 0.15) is 0 Å². The zero-order chi connectivity index (χ0) is 14.7. The molecule has 1 aliphatic heterocycles. The van der Waals surface area contributed by atoms with Crippen LogP contribution >= 0.6 is 0 Å². The number of aliphatic hydroxyl groups is 1. The van der Waals surface area contributed by atoms with E-state index >= 15 is 0 Å². The number of methoxy groups -OCH3 is 1. The summed E-state index contributed by atoms with van der Waals surface area (Å²) in [5.74, 6) is 1.03. The minimum Gasteiger partial charge on any atom is -0.453 e. The number of hydrogen-bond donors (Lipinski definition) is 2. The number of nitrogens with one attached hydrogen (secondary N) is 1. The Morgan fingerprint density at radius 3 is 2.65 bits per heavy atom. The molecule has 1 saturated heterocycles. The Kier molecular flexibility index (Phi) is 5.27. The van der Waals surface area contributed by atoms with E-state index in [9.17, 15) is 9.90 Å². The van der Waals surface area contributed by atoms with Crippen molar-refractivity contribution in [3.63, 3.8) is 0 Å². The van der Waals surface area contributed by atoms with Crippen molar-refractivity contribution >= 4 is 6.09 Å². The van der Waals surface area contributed by atoms with Gasteiger partial charge in [0.05, 0.1) is 13.2 Å². The lowest BCUT2D eigenvalue weighted by Gasteiger charge is -2.42. The average Bonchev–Trinajstić information content (AvgIpc) is 3.29. The molecule has 4 unspecified atom stereocenters. The third kappa shape index (κ3) is 3.85. The highest BCUT2D eigenvalue weighted by Gasteiger charge is 2.38. The molecule has 1 aliphatic carbocycles. The third-order valence-electron chi connectivity index (χ3n) is 4.86. The van der Waals surface area contributed by atoms with Gasteiger partial charge >= 0.3 is 6.09 Å². The van der Waals surface area contributed by atoms with Crippen molar-refractivity contribution in [2.45, 2.75) is 57.7 Å². The molecule has 0 radical (unpaired) electrons. The SMILES string of the molecule is CCC(O)C1CC(NC(=O)OC)CN(C(C)C2CC2)C1. The maximum atomic E-state index is 11.4. The highest BCUT2D eigenvalue weighted by atomic mass is 16.5. The fourth-order valence-electron chi connectivity index (χ4n) is 3.32. The van der Waals surface area contributed by atoms with Gasteiger partial charge in [0.25, 0.3) is 0 Å². The number of ether oxygens (including phenoxy) is 1. The monoisotopic (exact) mass is 284 g/mol. The number of carbonyl (C=O) groups excluding carboxylic acids is 1. The topological polar surface area (TPSA) is 61.8 Å². The van der Waals surface area contributed by atoms with Gasteiger partial charge in [-0.1, -0.05) is 6.92 Å². The number of hydrogen-bond acceptors (Lipinski definition) is 4. The van der Waals surface area contributed by atoms with Crippen LogP contribution in [0.4, 0.5) is 4.79 Å². The molecular formula is C15H28N2O3. The van der Waals surface area contributed by atoms with E-state index < -0.39 is 0 Å². The summed E-state index contributed by atoms with van der Waals surface area (Å²) in [4.78, 5) is 13.9. The number of piperidine rings is 1. The van der Waals surface area contributed by atoms with E-state index in [2.05, 4.69) is 17.1 Å². The number of nitrogens with zero attached hydrogens (tertiary/aromatic N) is 1. The van der Waals surface area contributed by atoms with Crippen LogP contribution in [0.1, 0.15) is 39.5 Å². The summed E-state index contributed by atoms with van der Waals surface area (Å²) < 4.78 is 4.70. The predicted octanol–water partition coefficient (Wildman–Crippen LogP) is 1.60. The Labute approximate surface area is 121 Å². The van der Waals surface area contributed by atoms with Crippen molar-refractivity contribution < 1.29 is 14.6 Å². The molecule has 5 heteroatoms. The Hall–Kier alpha value is -0.810. The molecular weight excluding hydrogens is 256 g/mol. The van der Waals surface area contributed by atoms with E-state index in [4.69, 9.17) is 4.74 Å². The van der Waals surface area contributed by atoms with E-state index in [0.717, 1.165) is 31.8 Å². The molecule has 2 N–H and O–H groups in total. The van der Waals surface area contributed by atoms with Gasteiger partial charge < -0.3 is 15.2 Å². The van der Waals surface area contributed by atoms with E-state index in [-0.39, 0.29) is 24.2 Å². The first-order valence-electron chi connectivity index (χ1n) is 7.81. The van der Waals surface area contributed by atoms with Gasteiger partial charge in [-0.3, -0.25) is 4.90 Å². The Morgan fingerprint density at radius 2 is 2.10 bits per heavy atom. The maximum Gasteiger partial charge on any atom is 0.407 e. The molecule has 1 amide bonds. The van der Waals surface area contributed by atoms with Crippen LogP contribution in [-0.2, 0) is 4.74 Å². The normalized spacial score (nSPS) is 30.6. The molecule has 1 saturated carbocycles. The summed E-state index contributed by atoms with van der Waals surface area (Å²) in [6.45, 7) is 6.08. The zero-order valence-electron chi connectivity index (χ0n) is 12.8. The number of rotatable bonds is 5. The number of alkyl carbamates (subject to hydrolysis) is 1. The number of aliphatic hydroxyl groups excluding tert-OH is 1. The van der Waals surface area contributed by atoms with Gasteiger partial charge in [-0.2, -0.15) is 0 Å². The van der Waals surface area contributed by atoms with Crippen LogP contribution in [0.15, 0.2) is 0 Å². The molecule has 0 aromatic carbocycles. The van der Waals surface area contributed by atoms with Crippen LogP contribution < -0.4 is 5.32 Å². The minimum absolute atomic E-state index is 0.0728. The summed E-state index contributed by atoms with van der Waals surface area (Å²) in [6.07, 6.45) is 3.56. The summed E-state index contributed by atoms with van der Waals surface area (Å²) in [6, 6.07) is 0.618. The number of amides is 1. The van der Waals surface area contributed by atoms with Crippen LogP contribution in [-0.4, -0.2) is 54.5 Å². The van der Waals surface area contributed by atoms with Gasteiger partial charge in [-0.05, 0) is 44.4 Å². The van der Waals surface area contributed by atoms with Gasteiger partial charge in [-0.15, -0.1) is 0 Å². The van der Waals surface area contributed by atoms with Crippen LogP contribution in [0.3, 0.4) is 0 Å². The molecule has 5 nitrogen and oxygen atoms in total. The van der Waals surface area contributed by atoms with Crippen molar-refractivity contribution in [3.8, 4) is 0 Å². The second-order valence-electron chi connectivity index (χ2n) is 6.34. The van der Waals surface area contributed by atoms with Gasteiger partial charge in [0, 0.05) is 25.2 Å². The number of carbonyl (C=O) groups is 1. The molecule has 0 aromatic rings. The van der Waals surface area contributed by atoms with E-state index in [1.807, 2.05) is 6.92 Å². The second-order valence-corrected chi connectivity index (χ2v) is 6.34. The van der Waals surface area contributed by atoms with Gasteiger partial charge in [0.2, 0.25) is 0 Å². The molecule has 0 bridgehead atoms. The van der Waals surface area contributed by atoms with Crippen molar-refractivity contribution in [2.24, 2.45) is 11.8 Å². The van der Waals surface area contributed by atoms with Crippen LogP contribution in [0, 0.1) is 11.8 Å². The van der Waals surface area contributed by atoms with Crippen molar-refractivity contribution in [2.75, 3.05) is 20.2 Å². The predicted molar refractivity (Wildman–Crippen MR) is 77.5 cm³/mol. The lowest BCUT2D eigenvalue weighted by Crippen LogP contribution is -2.55. The van der Waals surface area contributed by atoms with Crippen LogP contribution in [0.2, 0.25) is 0 Å². The Morgan fingerprint density at radius 1 is 1.40 bits per heavy atom. The molecule has 1 heterocycles. The van der Waals surface area contributed by atoms with Crippen molar-refractivity contribution in [1.82, 2.24) is 10.2 Å². The summed E-state index contributed by atoms with van der Waals surface area (Å²) in [7, 11) is 1.39. The fourth-order valence-corrected chi connectivity index (χ4v) is 3.32. The molecule has 116 valence electrons. The summed E-state index contributed by atoms with van der Waals surface area (Å²) in [5, 5.41) is 13.1. The number of likely N-dealkylation sites (tertiary alicyclic amines) is 1.